The van der Waals surface area contributed by atoms with E-state index in [0.717, 1.165) is 16.5 Å². The van der Waals surface area contributed by atoms with Crippen molar-refractivity contribution < 1.29 is 13.6 Å². The topological polar surface area (TPSA) is 85.3 Å². The third-order valence-electron chi connectivity index (χ3n) is 4.66. The number of amides is 1. The molecule has 7 heteroatoms. The van der Waals surface area contributed by atoms with Crippen LogP contribution in [0.25, 0.3) is 22.1 Å². The van der Waals surface area contributed by atoms with E-state index in [1.807, 2.05) is 24.3 Å². The highest BCUT2D eigenvalue weighted by Gasteiger charge is 2.31. The summed E-state index contributed by atoms with van der Waals surface area (Å²) in [6.07, 6.45) is 1.04. The molecular formula is C17H17FN4O2. The average Bonchev–Trinajstić information content (AvgIpc) is 3.00. The molecule has 3 aromatic rings. The van der Waals surface area contributed by atoms with Gasteiger partial charge < -0.3 is 15.1 Å². The molecule has 0 unspecified atom stereocenters. The van der Waals surface area contributed by atoms with Crippen LogP contribution < -0.4 is 10.6 Å². The highest BCUT2D eigenvalue weighted by atomic mass is 19.1. The van der Waals surface area contributed by atoms with Gasteiger partial charge in [0.05, 0.1) is 0 Å². The Labute approximate surface area is 137 Å². The first kappa shape index (κ1) is 14.9. The van der Waals surface area contributed by atoms with Crippen molar-refractivity contribution in [3.05, 3.63) is 30.6 Å². The minimum absolute atomic E-state index is 0.327. The van der Waals surface area contributed by atoms with Crippen molar-refractivity contribution in [1.29, 1.82) is 0 Å². The SMILES string of the molecule is NC(=O)[C@H](F)C1CCN(c2ncnc3c2oc2ccccc23)CC1. The number of carbonyl (C=O) groups excluding carboxylic acids is 1. The summed E-state index contributed by atoms with van der Waals surface area (Å²) in [6.45, 7) is 1.20. The maximum atomic E-state index is 13.8. The second-order valence-electron chi connectivity index (χ2n) is 6.10. The molecule has 0 radical (unpaired) electrons. The van der Waals surface area contributed by atoms with E-state index < -0.39 is 12.1 Å². The fraction of sp³-hybridized carbons (Fsp3) is 0.353. The Kier molecular flexibility index (Phi) is 3.55. The number of furan rings is 1. The van der Waals surface area contributed by atoms with Crippen LogP contribution in [0, 0.1) is 5.92 Å². The Hall–Kier alpha value is -2.70. The number of hydrogen-bond acceptors (Lipinski definition) is 5. The summed E-state index contributed by atoms with van der Waals surface area (Å²) in [5.74, 6) is -0.494. The van der Waals surface area contributed by atoms with Gasteiger partial charge in [-0.15, -0.1) is 0 Å². The number of carbonyl (C=O) groups is 1. The maximum absolute atomic E-state index is 13.8. The number of piperidine rings is 1. The van der Waals surface area contributed by atoms with Gasteiger partial charge in [-0.1, -0.05) is 12.1 Å². The molecule has 4 rings (SSSR count). The molecule has 1 aliphatic rings. The Morgan fingerprint density at radius 2 is 2.04 bits per heavy atom. The van der Waals surface area contributed by atoms with Gasteiger partial charge in [-0.3, -0.25) is 4.79 Å². The average molecular weight is 328 g/mol. The first-order chi connectivity index (χ1) is 11.6. The third kappa shape index (κ3) is 2.36. The zero-order chi connectivity index (χ0) is 16.7. The van der Waals surface area contributed by atoms with Gasteiger partial charge in [0.2, 0.25) is 0 Å². The molecular weight excluding hydrogens is 311 g/mol. The molecule has 1 fully saturated rings. The Bertz CT molecular complexity index is 902. The van der Waals surface area contributed by atoms with E-state index in [-0.39, 0.29) is 5.92 Å². The van der Waals surface area contributed by atoms with Crippen molar-refractivity contribution in [1.82, 2.24) is 9.97 Å². The standard InChI is InChI=1S/C17H17FN4O2/c18-13(16(19)23)10-5-7-22(8-6-10)17-15-14(20-9-21-17)11-3-1-2-4-12(11)24-15/h1-4,9-10,13H,5-8H2,(H2,19,23)/t13-/m1/s1. The van der Waals surface area contributed by atoms with E-state index in [2.05, 4.69) is 14.9 Å². The van der Waals surface area contributed by atoms with Crippen LogP contribution in [0.3, 0.4) is 0 Å². The molecule has 1 aliphatic heterocycles. The molecule has 3 heterocycles. The summed E-state index contributed by atoms with van der Waals surface area (Å²) < 4.78 is 19.7. The van der Waals surface area contributed by atoms with Crippen LogP contribution in [-0.2, 0) is 4.79 Å². The van der Waals surface area contributed by atoms with E-state index in [0.29, 0.717) is 37.3 Å². The van der Waals surface area contributed by atoms with E-state index in [1.54, 1.807) is 0 Å². The zero-order valence-corrected chi connectivity index (χ0v) is 13.0. The van der Waals surface area contributed by atoms with Crippen LogP contribution in [0.1, 0.15) is 12.8 Å². The van der Waals surface area contributed by atoms with Crippen LogP contribution in [-0.4, -0.2) is 35.1 Å². The monoisotopic (exact) mass is 328 g/mol. The maximum Gasteiger partial charge on any atom is 0.252 e. The van der Waals surface area contributed by atoms with Crippen molar-refractivity contribution in [2.75, 3.05) is 18.0 Å². The number of para-hydroxylation sites is 1. The number of aromatic nitrogens is 2. The molecule has 0 saturated carbocycles. The predicted molar refractivity (Wildman–Crippen MR) is 88.3 cm³/mol. The molecule has 124 valence electrons. The van der Waals surface area contributed by atoms with E-state index in [9.17, 15) is 9.18 Å². The lowest BCUT2D eigenvalue weighted by molar-refractivity contribution is -0.124. The second kappa shape index (κ2) is 5.74. The van der Waals surface area contributed by atoms with Gasteiger partial charge in [0, 0.05) is 24.4 Å². The Balaban J connectivity index is 1.65. The van der Waals surface area contributed by atoms with E-state index >= 15 is 0 Å². The predicted octanol–water partition coefficient (Wildman–Crippen LogP) is 2.42. The van der Waals surface area contributed by atoms with Gasteiger partial charge >= 0.3 is 0 Å². The fourth-order valence-corrected chi connectivity index (χ4v) is 3.37. The van der Waals surface area contributed by atoms with Crippen LogP contribution in [0.5, 0.6) is 0 Å². The normalized spacial score (nSPS) is 17.5. The van der Waals surface area contributed by atoms with Crippen LogP contribution in [0.4, 0.5) is 10.2 Å². The lowest BCUT2D eigenvalue weighted by Gasteiger charge is -2.33. The van der Waals surface area contributed by atoms with Crippen molar-refractivity contribution in [3.63, 3.8) is 0 Å². The quantitative estimate of drug-likeness (QED) is 0.798. The smallest absolute Gasteiger partial charge is 0.252 e. The number of primary amides is 1. The van der Waals surface area contributed by atoms with Crippen LogP contribution in [0.15, 0.2) is 35.0 Å². The Morgan fingerprint density at radius 3 is 2.79 bits per heavy atom. The highest BCUT2D eigenvalue weighted by Crippen LogP contribution is 2.34. The summed E-state index contributed by atoms with van der Waals surface area (Å²) in [6, 6.07) is 7.71. The molecule has 1 aromatic carbocycles. The molecule has 24 heavy (non-hydrogen) atoms. The molecule has 1 atom stereocenters. The van der Waals surface area contributed by atoms with E-state index in [1.165, 1.54) is 6.33 Å². The number of rotatable bonds is 3. The lowest BCUT2D eigenvalue weighted by Crippen LogP contribution is -2.41. The highest BCUT2D eigenvalue weighted by molar-refractivity contribution is 6.05. The summed E-state index contributed by atoms with van der Waals surface area (Å²) >= 11 is 0. The van der Waals surface area contributed by atoms with Gasteiger partial charge in [-0.05, 0) is 25.0 Å². The first-order valence-corrected chi connectivity index (χ1v) is 7.95. The first-order valence-electron chi connectivity index (χ1n) is 7.95. The van der Waals surface area contributed by atoms with Gasteiger partial charge in [0.25, 0.3) is 5.91 Å². The summed E-state index contributed by atoms with van der Waals surface area (Å²) in [5.41, 5.74) is 7.25. The summed E-state index contributed by atoms with van der Waals surface area (Å²) in [7, 11) is 0. The summed E-state index contributed by atoms with van der Waals surface area (Å²) in [5, 5.41) is 0.948. The van der Waals surface area contributed by atoms with Crippen molar-refractivity contribution in [2.45, 2.75) is 19.0 Å². The van der Waals surface area contributed by atoms with E-state index in [4.69, 9.17) is 10.2 Å². The van der Waals surface area contributed by atoms with Crippen molar-refractivity contribution in [2.24, 2.45) is 11.7 Å². The molecule has 1 saturated heterocycles. The van der Waals surface area contributed by atoms with Crippen molar-refractivity contribution in [3.8, 4) is 0 Å². The van der Waals surface area contributed by atoms with Gasteiger partial charge in [0.15, 0.2) is 17.6 Å². The zero-order valence-electron chi connectivity index (χ0n) is 13.0. The lowest BCUT2D eigenvalue weighted by atomic mass is 9.92. The molecule has 0 bridgehead atoms. The Morgan fingerprint density at radius 1 is 1.29 bits per heavy atom. The minimum Gasteiger partial charge on any atom is -0.450 e. The second-order valence-corrected chi connectivity index (χ2v) is 6.10. The molecule has 1 amide bonds. The number of nitrogens with zero attached hydrogens (tertiary/aromatic N) is 3. The number of halogens is 1. The molecule has 0 aliphatic carbocycles. The molecule has 2 N–H and O–H groups in total. The van der Waals surface area contributed by atoms with Gasteiger partial charge in [-0.2, -0.15) is 0 Å². The number of hydrogen-bond donors (Lipinski definition) is 1. The number of fused-ring (bicyclic) bond motifs is 3. The fourth-order valence-electron chi connectivity index (χ4n) is 3.37. The van der Waals surface area contributed by atoms with Gasteiger partial charge in [-0.25, -0.2) is 14.4 Å². The van der Waals surface area contributed by atoms with Gasteiger partial charge in [0.1, 0.15) is 17.4 Å². The van der Waals surface area contributed by atoms with Crippen molar-refractivity contribution >= 4 is 33.8 Å². The molecule has 6 nitrogen and oxygen atoms in total. The van der Waals surface area contributed by atoms with Crippen LogP contribution >= 0.6 is 0 Å². The van der Waals surface area contributed by atoms with Crippen LogP contribution in [0.2, 0.25) is 0 Å². The summed E-state index contributed by atoms with van der Waals surface area (Å²) in [4.78, 5) is 21.8. The molecule has 2 aromatic heterocycles. The largest absolute Gasteiger partial charge is 0.450 e. The third-order valence-corrected chi connectivity index (χ3v) is 4.66. The number of nitrogens with two attached hydrogens (primary N) is 1. The number of benzene rings is 1. The number of anilines is 1. The number of alkyl halides is 1. The minimum atomic E-state index is -1.58. The molecule has 0 spiro atoms.